The second-order valence-corrected chi connectivity index (χ2v) is 4.93. The van der Waals surface area contributed by atoms with Gasteiger partial charge >= 0.3 is 0 Å². The summed E-state index contributed by atoms with van der Waals surface area (Å²) in [5.74, 6) is -0.516. The third kappa shape index (κ3) is 3.31. The number of nitrogens with zero attached hydrogens (tertiary/aromatic N) is 2. The average Bonchev–Trinajstić information content (AvgIpc) is 2.48. The van der Waals surface area contributed by atoms with Gasteiger partial charge in [-0.15, -0.1) is 0 Å². The minimum absolute atomic E-state index is 0.109. The van der Waals surface area contributed by atoms with Gasteiger partial charge in [0.15, 0.2) is 5.84 Å². The molecule has 2 aromatic rings. The van der Waals surface area contributed by atoms with Gasteiger partial charge in [-0.25, -0.2) is 4.39 Å². The molecule has 5 heteroatoms. The van der Waals surface area contributed by atoms with Crippen LogP contribution in [0.25, 0.3) is 0 Å². The maximum Gasteiger partial charge on any atom is 0.170 e. The quantitative estimate of drug-likeness (QED) is 0.393. The summed E-state index contributed by atoms with van der Waals surface area (Å²) < 4.78 is 14.2. The molecule has 0 spiro atoms. The maximum atomic E-state index is 14.2. The van der Waals surface area contributed by atoms with Crippen molar-refractivity contribution in [2.45, 2.75) is 13.5 Å². The number of rotatable bonds is 4. The second-order valence-electron chi connectivity index (χ2n) is 4.93. The van der Waals surface area contributed by atoms with Gasteiger partial charge in [-0.2, -0.15) is 0 Å². The Hall–Kier alpha value is -2.56. The van der Waals surface area contributed by atoms with Crippen molar-refractivity contribution in [3.8, 4) is 0 Å². The van der Waals surface area contributed by atoms with Crippen LogP contribution >= 0.6 is 0 Å². The summed E-state index contributed by atoms with van der Waals surface area (Å²) in [4.78, 5) is 1.83. The van der Waals surface area contributed by atoms with E-state index in [4.69, 9.17) is 10.9 Å². The van der Waals surface area contributed by atoms with Crippen molar-refractivity contribution >= 4 is 11.5 Å². The molecule has 0 unspecified atom stereocenters. The minimum atomic E-state index is -0.407. The summed E-state index contributed by atoms with van der Waals surface area (Å²) in [5, 5.41) is 11.5. The fraction of sp³-hybridized carbons (Fsp3) is 0.188. The molecule has 0 aromatic heterocycles. The highest BCUT2D eigenvalue weighted by atomic mass is 19.1. The number of aryl methyl sites for hydroxylation is 1. The van der Waals surface area contributed by atoms with Crippen LogP contribution in [-0.2, 0) is 6.54 Å². The standard InChI is InChI=1S/C16H18FN3O/c1-11-5-3-4-6-13(11)10-20(2)15-8-7-12(9-14(15)17)16(18)19-21/h3-9,21H,10H2,1-2H3,(H2,18,19). The van der Waals surface area contributed by atoms with Crippen molar-refractivity contribution in [1.29, 1.82) is 0 Å². The first-order valence-electron chi connectivity index (χ1n) is 6.56. The number of halogens is 1. The van der Waals surface area contributed by atoms with Gasteiger partial charge in [-0.05, 0) is 36.2 Å². The average molecular weight is 287 g/mol. The van der Waals surface area contributed by atoms with E-state index in [0.717, 1.165) is 11.1 Å². The third-order valence-corrected chi connectivity index (χ3v) is 3.43. The van der Waals surface area contributed by atoms with Gasteiger partial charge in [-0.3, -0.25) is 0 Å². The topological polar surface area (TPSA) is 61.8 Å². The van der Waals surface area contributed by atoms with Crippen molar-refractivity contribution in [3.05, 3.63) is 65.0 Å². The van der Waals surface area contributed by atoms with Crippen LogP contribution < -0.4 is 10.6 Å². The van der Waals surface area contributed by atoms with Crippen LogP contribution in [0.5, 0.6) is 0 Å². The summed E-state index contributed by atoms with van der Waals surface area (Å²) in [7, 11) is 1.83. The third-order valence-electron chi connectivity index (χ3n) is 3.43. The molecule has 0 fully saturated rings. The Morgan fingerprint density at radius 2 is 2.00 bits per heavy atom. The highest BCUT2D eigenvalue weighted by molar-refractivity contribution is 5.97. The predicted octanol–water partition coefficient (Wildman–Crippen LogP) is 2.87. The zero-order chi connectivity index (χ0) is 15.4. The van der Waals surface area contributed by atoms with Crippen molar-refractivity contribution < 1.29 is 9.60 Å². The van der Waals surface area contributed by atoms with Crippen LogP contribution in [0.1, 0.15) is 16.7 Å². The van der Waals surface area contributed by atoms with E-state index in [9.17, 15) is 4.39 Å². The number of hydrogen-bond acceptors (Lipinski definition) is 3. The number of benzene rings is 2. The number of amidine groups is 1. The zero-order valence-electron chi connectivity index (χ0n) is 12.0. The van der Waals surface area contributed by atoms with Crippen LogP contribution in [0.2, 0.25) is 0 Å². The van der Waals surface area contributed by atoms with E-state index in [1.807, 2.05) is 43.1 Å². The van der Waals surface area contributed by atoms with Gasteiger partial charge < -0.3 is 15.8 Å². The molecule has 0 heterocycles. The Morgan fingerprint density at radius 1 is 1.29 bits per heavy atom. The lowest BCUT2D eigenvalue weighted by atomic mass is 10.1. The zero-order valence-corrected chi connectivity index (χ0v) is 12.0. The summed E-state index contributed by atoms with van der Waals surface area (Å²) in [6, 6.07) is 12.5. The fourth-order valence-electron chi connectivity index (χ4n) is 2.16. The lowest BCUT2D eigenvalue weighted by Gasteiger charge is -2.21. The molecule has 0 aliphatic heterocycles. The van der Waals surface area contributed by atoms with Crippen LogP contribution in [0.15, 0.2) is 47.6 Å². The van der Waals surface area contributed by atoms with E-state index in [1.165, 1.54) is 6.07 Å². The van der Waals surface area contributed by atoms with Gasteiger partial charge in [-0.1, -0.05) is 29.4 Å². The van der Waals surface area contributed by atoms with Crippen LogP contribution in [0.3, 0.4) is 0 Å². The van der Waals surface area contributed by atoms with Gasteiger partial charge in [0.25, 0.3) is 0 Å². The molecule has 2 aromatic carbocycles. The second kappa shape index (κ2) is 6.26. The molecule has 0 aliphatic rings. The molecule has 0 saturated carbocycles. The normalized spacial score (nSPS) is 11.5. The first kappa shape index (κ1) is 14.8. The Labute approximate surface area is 123 Å². The van der Waals surface area contributed by atoms with Crippen molar-refractivity contribution in [3.63, 3.8) is 0 Å². The molecule has 0 bridgehead atoms. The largest absolute Gasteiger partial charge is 0.409 e. The highest BCUT2D eigenvalue weighted by Gasteiger charge is 2.11. The molecule has 0 aliphatic carbocycles. The predicted molar refractivity (Wildman–Crippen MR) is 82.2 cm³/mol. The highest BCUT2D eigenvalue weighted by Crippen LogP contribution is 2.22. The van der Waals surface area contributed by atoms with Crippen molar-refractivity contribution in [2.75, 3.05) is 11.9 Å². The molecule has 4 nitrogen and oxygen atoms in total. The molecule has 0 atom stereocenters. The number of nitrogens with two attached hydrogens (primary N) is 1. The summed E-state index contributed by atoms with van der Waals surface area (Å²) in [6.07, 6.45) is 0. The minimum Gasteiger partial charge on any atom is -0.409 e. The van der Waals surface area contributed by atoms with Gasteiger partial charge in [0, 0.05) is 19.2 Å². The molecular formula is C16H18FN3O. The van der Waals surface area contributed by atoms with Crippen LogP contribution in [-0.4, -0.2) is 18.1 Å². The molecular weight excluding hydrogens is 269 g/mol. The lowest BCUT2D eigenvalue weighted by molar-refractivity contribution is 0.318. The molecule has 2 rings (SSSR count). The van der Waals surface area contributed by atoms with E-state index in [2.05, 4.69) is 5.16 Å². The summed E-state index contributed by atoms with van der Waals surface area (Å²) in [5.41, 5.74) is 8.57. The Balaban J connectivity index is 2.24. The Kier molecular flexibility index (Phi) is 4.42. The molecule has 3 N–H and O–H groups in total. The SMILES string of the molecule is Cc1ccccc1CN(C)c1ccc(C(N)=NO)cc1F. The molecule has 0 radical (unpaired) electrons. The van der Waals surface area contributed by atoms with Crippen LogP contribution in [0, 0.1) is 12.7 Å². The number of anilines is 1. The first-order valence-corrected chi connectivity index (χ1v) is 6.56. The van der Waals surface area contributed by atoms with E-state index >= 15 is 0 Å². The van der Waals surface area contributed by atoms with Crippen LogP contribution in [0.4, 0.5) is 10.1 Å². The Morgan fingerprint density at radius 3 is 2.62 bits per heavy atom. The van der Waals surface area contributed by atoms with Gasteiger partial charge in [0.2, 0.25) is 0 Å². The number of oxime groups is 1. The molecule has 0 amide bonds. The first-order chi connectivity index (χ1) is 10.0. The summed E-state index contributed by atoms with van der Waals surface area (Å²) >= 11 is 0. The van der Waals surface area contributed by atoms with Gasteiger partial charge in [0.1, 0.15) is 5.82 Å². The monoisotopic (exact) mass is 287 g/mol. The van der Waals surface area contributed by atoms with E-state index < -0.39 is 5.82 Å². The lowest BCUT2D eigenvalue weighted by Crippen LogP contribution is -2.19. The van der Waals surface area contributed by atoms with Gasteiger partial charge in [0.05, 0.1) is 5.69 Å². The molecule has 21 heavy (non-hydrogen) atoms. The van der Waals surface area contributed by atoms with E-state index in [-0.39, 0.29) is 5.84 Å². The number of hydrogen-bond donors (Lipinski definition) is 2. The van der Waals surface area contributed by atoms with E-state index in [1.54, 1.807) is 12.1 Å². The Bertz CT molecular complexity index is 670. The van der Waals surface area contributed by atoms with Crippen molar-refractivity contribution in [2.24, 2.45) is 10.9 Å². The smallest absolute Gasteiger partial charge is 0.170 e. The fourth-order valence-corrected chi connectivity index (χ4v) is 2.16. The summed E-state index contributed by atoms with van der Waals surface area (Å²) in [6.45, 7) is 2.63. The maximum absolute atomic E-state index is 14.2. The molecule has 0 saturated heterocycles. The van der Waals surface area contributed by atoms with E-state index in [0.29, 0.717) is 17.8 Å². The van der Waals surface area contributed by atoms with Crippen molar-refractivity contribution in [1.82, 2.24) is 0 Å². The molecule has 110 valence electrons.